The predicted molar refractivity (Wildman–Crippen MR) is 187 cm³/mol. The molecule has 1 aromatic carbocycles. The molecule has 13 nitrogen and oxygen atoms in total. The van der Waals surface area contributed by atoms with Crippen LogP contribution in [0.5, 0.6) is 5.88 Å². The number of ether oxygens (including phenoxy) is 3. The van der Waals surface area contributed by atoms with E-state index in [-0.39, 0.29) is 23.4 Å². The van der Waals surface area contributed by atoms with Crippen LogP contribution >= 0.6 is 11.6 Å². The molecule has 0 spiro atoms. The summed E-state index contributed by atoms with van der Waals surface area (Å²) in [6, 6.07) is 12.0. The zero-order chi connectivity index (χ0) is 35.8. The molecule has 0 radical (unpaired) electrons. The predicted octanol–water partition coefficient (Wildman–Crippen LogP) is 8.10. The number of rotatable bonds is 14. The maximum Gasteiger partial charge on any atom is 0.419 e. The van der Waals surface area contributed by atoms with Crippen molar-refractivity contribution in [2.45, 2.75) is 105 Å². The monoisotopic (exact) mass is 697 g/mol. The maximum atomic E-state index is 13.2. The number of nitrogen functional groups attached to an aromatic ring is 1. The molecule has 0 saturated heterocycles. The van der Waals surface area contributed by atoms with Gasteiger partial charge >= 0.3 is 12.2 Å². The number of carbonyl (C=O) groups is 2. The molecule has 2 amide bonds. The lowest BCUT2D eigenvalue weighted by Crippen LogP contribution is -2.45. The molecule has 3 heterocycles. The third-order valence-corrected chi connectivity index (χ3v) is 7.84. The van der Waals surface area contributed by atoms with E-state index in [1.54, 1.807) is 47.6 Å². The summed E-state index contributed by atoms with van der Waals surface area (Å²) in [6.45, 7) is 13.8. The number of nitrogens with zero attached hydrogens (tertiary/aromatic N) is 6. The van der Waals surface area contributed by atoms with E-state index in [0.717, 1.165) is 48.9 Å². The summed E-state index contributed by atoms with van der Waals surface area (Å²) in [7, 11) is 0. The minimum absolute atomic E-state index is 0.0292. The van der Waals surface area contributed by atoms with Crippen LogP contribution < -0.4 is 10.5 Å². The fraction of sp³-hybridized carbons (Fsp3) is 0.543. The standard InChI is InChI=1S/C35H48ClN7O6/c1-8-42-25-21-26(38-29(36)27(25)39-31(42)28-30(37)41-49-40-28)46-20-14-10-13-17-24(19-18-23-15-11-9-12-16-23)22-43(32(44)47-34(2,3)4)33(45)48-35(5,6)7/h9,11-12,15-16,21,24H,8,10,13-14,17-20,22H2,1-7H3,(H2,37,41). The quantitative estimate of drug-likeness (QED) is 0.100. The van der Waals surface area contributed by atoms with Crippen LogP contribution in [0.1, 0.15) is 86.1 Å². The van der Waals surface area contributed by atoms with Crippen molar-refractivity contribution in [3.63, 3.8) is 0 Å². The number of aromatic nitrogens is 5. The molecule has 1 atom stereocenters. The lowest BCUT2D eigenvalue weighted by atomic mass is 9.93. The lowest BCUT2D eigenvalue weighted by molar-refractivity contribution is -0.00196. The molecule has 49 heavy (non-hydrogen) atoms. The molecular weight excluding hydrogens is 650 g/mol. The number of hydrogen-bond donors (Lipinski definition) is 1. The zero-order valence-electron chi connectivity index (χ0n) is 29.5. The molecule has 3 aromatic heterocycles. The van der Waals surface area contributed by atoms with Crippen molar-refractivity contribution in [3.05, 3.63) is 47.1 Å². The number of aryl methyl sites for hydroxylation is 2. The van der Waals surface area contributed by atoms with Gasteiger partial charge in [0, 0.05) is 19.2 Å². The van der Waals surface area contributed by atoms with Gasteiger partial charge in [0.15, 0.2) is 22.5 Å². The van der Waals surface area contributed by atoms with Crippen molar-refractivity contribution in [1.82, 2.24) is 29.7 Å². The first-order valence-electron chi connectivity index (χ1n) is 16.7. The summed E-state index contributed by atoms with van der Waals surface area (Å²) in [5, 5.41) is 7.74. The summed E-state index contributed by atoms with van der Waals surface area (Å²) >= 11 is 6.51. The molecule has 0 aliphatic carbocycles. The Morgan fingerprint density at radius 1 is 0.959 bits per heavy atom. The Morgan fingerprint density at radius 3 is 2.22 bits per heavy atom. The average Bonchev–Trinajstić information content (AvgIpc) is 3.61. The third-order valence-electron chi connectivity index (χ3n) is 7.57. The molecule has 0 fully saturated rings. The van der Waals surface area contributed by atoms with Gasteiger partial charge in [0.1, 0.15) is 16.7 Å². The molecule has 0 bridgehead atoms. The SMILES string of the molecule is CCn1c(-c2nonc2N)nc2c(Cl)nc(OCCCCCC(CCc3ccccc3)CN(C(=O)OC(C)(C)C)C(=O)OC(C)(C)C)cc21. The second-order valence-electron chi connectivity index (χ2n) is 14.0. The van der Waals surface area contributed by atoms with Gasteiger partial charge in [0.05, 0.1) is 12.1 Å². The third kappa shape index (κ3) is 10.8. The molecule has 14 heteroatoms. The molecule has 4 rings (SSSR count). The number of carbonyl (C=O) groups excluding carboxylic acids is 2. The highest BCUT2D eigenvalue weighted by atomic mass is 35.5. The van der Waals surface area contributed by atoms with Crippen molar-refractivity contribution >= 4 is 40.6 Å². The summed E-state index contributed by atoms with van der Waals surface area (Å²) in [5.74, 6) is 1.03. The molecule has 1 unspecified atom stereocenters. The maximum absolute atomic E-state index is 13.2. The van der Waals surface area contributed by atoms with Crippen LogP contribution in [0.3, 0.4) is 0 Å². The number of benzene rings is 1. The Morgan fingerprint density at radius 2 is 1.63 bits per heavy atom. The van der Waals surface area contributed by atoms with E-state index in [1.165, 1.54) is 5.56 Å². The topological polar surface area (TPSA) is 161 Å². The van der Waals surface area contributed by atoms with Crippen molar-refractivity contribution in [1.29, 1.82) is 0 Å². The van der Waals surface area contributed by atoms with Crippen LogP contribution in [-0.2, 0) is 22.4 Å². The van der Waals surface area contributed by atoms with E-state index >= 15 is 0 Å². The van der Waals surface area contributed by atoms with Crippen molar-refractivity contribution in [2.24, 2.45) is 5.92 Å². The number of fused-ring (bicyclic) bond motifs is 1. The van der Waals surface area contributed by atoms with Crippen LogP contribution in [0.4, 0.5) is 15.4 Å². The van der Waals surface area contributed by atoms with Gasteiger partial charge in [-0.15, -0.1) is 0 Å². The molecule has 0 aliphatic rings. The molecule has 2 N–H and O–H groups in total. The average molecular weight is 698 g/mol. The number of amides is 2. The van der Waals surface area contributed by atoms with E-state index < -0.39 is 23.4 Å². The molecule has 0 saturated carbocycles. The fourth-order valence-corrected chi connectivity index (χ4v) is 5.56. The second-order valence-corrected chi connectivity index (χ2v) is 14.3. The summed E-state index contributed by atoms with van der Waals surface area (Å²) in [6.07, 6.45) is 3.48. The molecule has 0 aliphatic heterocycles. The van der Waals surface area contributed by atoms with Crippen molar-refractivity contribution < 1.29 is 28.4 Å². The highest BCUT2D eigenvalue weighted by Gasteiger charge is 2.33. The zero-order valence-corrected chi connectivity index (χ0v) is 30.2. The van der Waals surface area contributed by atoms with E-state index in [0.29, 0.717) is 36.1 Å². The number of halogens is 1. The highest BCUT2D eigenvalue weighted by molar-refractivity contribution is 6.33. The fourth-order valence-electron chi connectivity index (χ4n) is 5.33. The van der Waals surface area contributed by atoms with Gasteiger partial charge in [-0.05, 0) is 95.9 Å². The van der Waals surface area contributed by atoms with Gasteiger partial charge in [-0.3, -0.25) is 0 Å². The van der Waals surface area contributed by atoms with E-state index in [4.69, 9.17) is 36.2 Å². The molecular formula is C35H48ClN7O6. The normalized spacial score (nSPS) is 12.6. The minimum atomic E-state index is -0.762. The largest absolute Gasteiger partial charge is 0.478 e. The first kappa shape index (κ1) is 37.4. The number of pyridine rings is 1. The minimum Gasteiger partial charge on any atom is -0.478 e. The first-order chi connectivity index (χ1) is 23.1. The van der Waals surface area contributed by atoms with E-state index in [2.05, 4.69) is 32.4 Å². The first-order valence-corrected chi connectivity index (χ1v) is 17.1. The number of nitrogens with two attached hydrogens (primary N) is 1. The van der Waals surface area contributed by atoms with Gasteiger partial charge < -0.3 is 24.5 Å². The molecule has 266 valence electrons. The van der Waals surface area contributed by atoms with Crippen LogP contribution in [0.15, 0.2) is 41.0 Å². The smallest absolute Gasteiger partial charge is 0.419 e. The summed E-state index contributed by atoms with van der Waals surface area (Å²) in [5.41, 5.74) is 7.15. The van der Waals surface area contributed by atoms with Crippen LogP contribution in [-0.4, -0.2) is 66.3 Å². The van der Waals surface area contributed by atoms with Crippen molar-refractivity contribution in [2.75, 3.05) is 18.9 Å². The van der Waals surface area contributed by atoms with E-state index in [1.807, 2.05) is 29.7 Å². The van der Waals surface area contributed by atoms with Gasteiger partial charge in [-0.25, -0.2) is 24.1 Å². The Hall–Kier alpha value is -4.39. The number of anilines is 1. The summed E-state index contributed by atoms with van der Waals surface area (Å²) in [4.78, 5) is 36.5. The molecule has 4 aromatic rings. The second kappa shape index (κ2) is 16.3. The Bertz CT molecular complexity index is 1670. The van der Waals surface area contributed by atoms with E-state index in [9.17, 15) is 9.59 Å². The highest BCUT2D eigenvalue weighted by Crippen LogP contribution is 2.32. The number of unbranched alkanes of at least 4 members (excludes halogenated alkanes) is 2. The lowest BCUT2D eigenvalue weighted by Gasteiger charge is -2.31. The van der Waals surface area contributed by atoms with Crippen molar-refractivity contribution in [3.8, 4) is 17.4 Å². The number of imidazole rings is 1. The Kier molecular flexibility index (Phi) is 12.5. The van der Waals surface area contributed by atoms with Crippen LogP contribution in [0.25, 0.3) is 22.6 Å². The van der Waals surface area contributed by atoms with Gasteiger partial charge in [-0.2, -0.15) is 4.98 Å². The number of hydrogen-bond acceptors (Lipinski definition) is 11. The van der Waals surface area contributed by atoms with Crippen LogP contribution in [0, 0.1) is 5.92 Å². The van der Waals surface area contributed by atoms with Gasteiger partial charge in [0.2, 0.25) is 5.88 Å². The summed E-state index contributed by atoms with van der Waals surface area (Å²) < 4.78 is 23.9. The van der Waals surface area contributed by atoms with Crippen LogP contribution in [0.2, 0.25) is 5.15 Å². The van der Waals surface area contributed by atoms with Gasteiger partial charge in [-0.1, -0.05) is 54.8 Å². The number of imide groups is 1. The Labute approximate surface area is 292 Å². The van der Waals surface area contributed by atoms with Gasteiger partial charge in [0.25, 0.3) is 0 Å². The Balaban J connectivity index is 1.39.